The van der Waals surface area contributed by atoms with Crippen LogP contribution in [0.5, 0.6) is 11.5 Å². The van der Waals surface area contributed by atoms with E-state index in [9.17, 15) is 22.8 Å². The number of nitrogens with zero attached hydrogens (tertiary/aromatic N) is 1. The van der Waals surface area contributed by atoms with Crippen molar-refractivity contribution in [2.75, 3.05) is 18.5 Å². The van der Waals surface area contributed by atoms with E-state index in [4.69, 9.17) is 21.4 Å². The Hall–Kier alpha value is -3.04. The van der Waals surface area contributed by atoms with Gasteiger partial charge < -0.3 is 15.2 Å². The first-order valence-corrected chi connectivity index (χ1v) is 9.50. The highest BCUT2D eigenvalue weighted by atomic mass is 35.5. The molecule has 0 atom stereocenters. The first-order chi connectivity index (χ1) is 14.5. The van der Waals surface area contributed by atoms with Gasteiger partial charge in [-0.05, 0) is 55.3 Å². The molecule has 0 unspecified atom stereocenters. The summed E-state index contributed by atoms with van der Waals surface area (Å²) in [5.74, 6) is -1.09. The van der Waals surface area contributed by atoms with Gasteiger partial charge in [-0.25, -0.2) is 0 Å². The minimum Gasteiger partial charge on any atom is -0.455 e. The van der Waals surface area contributed by atoms with Crippen LogP contribution in [0, 0.1) is 13.8 Å². The molecule has 0 spiro atoms. The lowest BCUT2D eigenvalue weighted by Gasteiger charge is -2.18. The third-order valence-corrected chi connectivity index (χ3v) is 5.14. The average Bonchev–Trinajstić information content (AvgIpc) is 2.94. The number of hydrogen-bond acceptors (Lipinski definition) is 5. The SMILES string of the molecule is Cc1cc(Oc2ccc(C(F)(F)F)cc2NC2=CC(=O)N(CCO)C2=O)cc(C)c1Cl. The molecule has 10 heteroatoms. The molecule has 1 aliphatic rings. The standard InChI is InChI=1S/C21H18ClF3N2O4/c1-11-7-14(8-12(2)19(11)22)31-17-4-3-13(21(23,24)25)9-15(17)26-16-10-18(29)27(5-6-28)20(16)30/h3-4,7-10,26,28H,5-6H2,1-2H3. The average molecular weight is 455 g/mol. The van der Waals surface area contributed by atoms with Crippen LogP contribution in [0.15, 0.2) is 42.1 Å². The normalized spacial score (nSPS) is 14.2. The second kappa shape index (κ2) is 8.60. The van der Waals surface area contributed by atoms with Gasteiger partial charge in [0.25, 0.3) is 11.8 Å². The largest absolute Gasteiger partial charge is 0.455 e. The molecule has 0 saturated carbocycles. The molecule has 31 heavy (non-hydrogen) atoms. The summed E-state index contributed by atoms with van der Waals surface area (Å²) in [7, 11) is 0. The number of imide groups is 1. The summed E-state index contributed by atoms with van der Waals surface area (Å²) >= 11 is 6.15. The molecule has 2 aromatic rings. The monoisotopic (exact) mass is 454 g/mol. The van der Waals surface area contributed by atoms with Crippen LogP contribution in [-0.4, -0.2) is 35.0 Å². The summed E-state index contributed by atoms with van der Waals surface area (Å²) in [6, 6.07) is 6.02. The summed E-state index contributed by atoms with van der Waals surface area (Å²) < 4.78 is 45.5. The molecule has 2 amide bonds. The first kappa shape index (κ1) is 22.6. The number of carbonyl (C=O) groups excluding carboxylic acids is 2. The number of amides is 2. The van der Waals surface area contributed by atoms with Crippen molar-refractivity contribution >= 4 is 29.1 Å². The quantitative estimate of drug-likeness (QED) is 0.631. The Bertz CT molecular complexity index is 1060. The second-order valence-electron chi connectivity index (χ2n) is 6.88. The molecule has 164 valence electrons. The number of aliphatic hydroxyl groups is 1. The Morgan fingerprint density at radius 1 is 1.13 bits per heavy atom. The zero-order valence-electron chi connectivity index (χ0n) is 16.5. The number of ether oxygens (including phenoxy) is 1. The molecule has 1 aliphatic heterocycles. The van der Waals surface area contributed by atoms with Gasteiger partial charge in [-0.2, -0.15) is 13.2 Å². The fourth-order valence-corrected chi connectivity index (χ4v) is 3.15. The number of β-amino-alcohol motifs (C(OH)–C–C–N with tert-alkyl or cyclic N) is 1. The molecular weight excluding hydrogens is 437 g/mol. The van der Waals surface area contributed by atoms with E-state index in [0.29, 0.717) is 10.8 Å². The van der Waals surface area contributed by atoms with Gasteiger partial charge in [0, 0.05) is 11.1 Å². The molecule has 0 saturated heterocycles. The fourth-order valence-electron chi connectivity index (χ4n) is 3.04. The number of rotatable bonds is 6. The Labute approximate surface area is 180 Å². The number of aryl methyl sites for hydroxylation is 2. The van der Waals surface area contributed by atoms with E-state index in [1.807, 2.05) is 0 Å². The summed E-state index contributed by atoms with van der Waals surface area (Å²) in [6.45, 7) is 2.86. The number of benzene rings is 2. The smallest absolute Gasteiger partial charge is 0.416 e. The number of alkyl halides is 3. The van der Waals surface area contributed by atoms with E-state index in [1.54, 1.807) is 26.0 Å². The maximum absolute atomic E-state index is 13.2. The lowest BCUT2D eigenvalue weighted by Crippen LogP contribution is -2.34. The van der Waals surface area contributed by atoms with Crippen molar-refractivity contribution in [2.24, 2.45) is 0 Å². The Balaban J connectivity index is 1.98. The number of nitrogens with one attached hydrogen (secondary N) is 1. The van der Waals surface area contributed by atoms with Gasteiger partial charge in [0.2, 0.25) is 0 Å². The molecule has 3 rings (SSSR count). The first-order valence-electron chi connectivity index (χ1n) is 9.12. The molecule has 0 radical (unpaired) electrons. The predicted molar refractivity (Wildman–Crippen MR) is 108 cm³/mol. The summed E-state index contributed by atoms with van der Waals surface area (Å²) in [6.07, 6.45) is -3.67. The Kier molecular flexibility index (Phi) is 6.28. The fraction of sp³-hybridized carbons (Fsp3) is 0.238. The van der Waals surface area contributed by atoms with Crippen molar-refractivity contribution in [3.8, 4) is 11.5 Å². The maximum Gasteiger partial charge on any atom is 0.416 e. The summed E-state index contributed by atoms with van der Waals surface area (Å²) in [5.41, 5.74) is 0.0915. The number of halogens is 4. The lowest BCUT2D eigenvalue weighted by molar-refractivity contribution is -0.138. The Morgan fingerprint density at radius 3 is 2.35 bits per heavy atom. The molecule has 1 heterocycles. The molecular formula is C21H18ClF3N2O4. The molecule has 6 nitrogen and oxygen atoms in total. The summed E-state index contributed by atoms with van der Waals surface area (Å²) in [5, 5.41) is 12.1. The minimum atomic E-state index is -4.63. The van der Waals surface area contributed by atoms with Crippen LogP contribution in [0.2, 0.25) is 5.02 Å². The zero-order valence-corrected chi connectivity index (χ0v) is 17.3. The van der Waals surface area contributed by atoms with Gasteiger partial charge >= 0.3 is 6.18 Å². The number of aliphatic hydroxyl groups excluding tert-OH is 1. The topological polar surface area (TPSA) is 78.9 Å². The van der Waals surface area contributed by atoms with Gasteiger partial charge in [-0.15, -0.1) is 0 Å². The maximum atomic E-state index is 13.2. The molecule has 0 bridgehead atoms. The molecule has 2 aromatic carbocycles. The second-order valence-corrected chi connectivity index (χ2v) is 7.26. The highest BCUT2D eigenvalue weighted by Gasteiger charge is 2.34. The van der Waals surface area contributed by atoms with E-state index in [-0.39, 0.29) is 23.7 Å². The molecule has 0 fully saturated rings. The van der Waals surface area contributed by atoms with Crippen LogP contribution in [0.1, 0.15) is 16.7 Å². The van der Waals surface area contributed by atoms with Crippen LogP contribution in [0.25, 0.3) is 0 Å². The van der Waals surface area contributed by atoms with Crippen molar-refractivity contribution in [1.82, 2.24) is 4.90 Å². The third-order valence-electron chi connectivity index (χ3n) is 4.55. The Morgan fingerprint density at radius 2 is 1.77 bits per heavy atom. The molecule has 0 aliphatic carbocycles. The summed E-state index contributed by atoms with van der Waals surface area (Å²) in [4.78, 5) is 25.1. The van der Waals surface area contributed by atoms with Crippen LogP contribution in [0.4, 0.5) is 18.9 Å². The van der Waals surface area contributed by atoms with Crippen molar-refractivity contribution in [3.63, 3.8) is 0 Å². The highest BCUT2D eigenvalue weighted by Crippen LogP contribution is 2.38. The van der Waals surface area contributed by atoms with Crippen molar-refractivity contribution in [1.29, 1.82) is 0 Å². The van der Waals surface area contributed by atoms with Crippen LogP contribution in [-0.2, 0) is 15.8 Å². The van der Waals surface area contributed by atoms with Crippen LogP contribution >= 0.6 is 11.6 Å². The van der Waals surface area contributed by atoms with E-state index < -0.39 is 30.2 Å². The highest BCUT2D eigenvalue weighted by molar-refractivity contribution is 6.32. The predicted octanol–water partition coefficient (Wildman–Crippen LogP) is 4.42. The van der Waals surface area contributed by atoms with E-state index in [0.717, 1.165) is 40.3 Å². The van der Waals surface area contributed by atoms with Gasteiger partial charge in [-0.1, -0.05) is 11.6 Å². The van der Waals surface area contributed by atoms with Crippen molar-refractivity contribution in [3.05, 3.63) is 63.8 Å². The van der Waals surface area contributed by atoms with Crippen LogP contribution < -0.4 is 10.1 Å². The van der Waals surface area contributed by atoms with Crippen molar-refractivity contribution < 1.29 is 32.6 Å². The van der Waals surface area contributed by atoms with E-state index in [2.05, 4.69) is 5.32 Å². The van der Waals surface area contributed by atoms with Gasteiger partial charge in [0.1, 0.15) is 11.4 Å². The lowest BCUT2D eigenvalue weighted by atomic mass is 10.1. The van der Waals surface area contributed by atoms with Gasteiger partial charge in [0.15, 0.2) is 5.75 Å². The van der Waals surface area contributed by atoms with Crippen molar-refractivity contribution in [2.45, 2.75) is 20.0 Å². The number of hydrogen-bond donors (Lipinski definition) is 2. The van der Waals surface area contributed by atoms with E-state index in [1.165, 1.54) is 0 Å². The molecule has 0 aromatic heterocycles. The van der Waals surface area contributed by atoms with Crippen LogP contribution in [0.3, 0.4) is 0 Å². The van der Waals surface area contributed by atoms with Gasteiger partial charge in [-0.3, -0.25) is 14.5 Å². The minimum absolute atomic E-state index is 0.0101. The third kappa shape index (κ3) is 4.83. The van der Waals surface area contributed by atoms with Gasteiger partial charge in [0.05, 0.1) is 24.4 Å². The van der Waals surface area contributed by atoms with E-state index >= 15 is 0 Å². The number of carbonyl (C=O) groups is 2. The zero-order chi connectivity index (χ0) is 22.9. The number of anilines is 1. The molecule has 2 N–H and O–H groups in total.